The second-order valence-corrected chi connectivity index (χ2v) is 5.94. The average molecular weight is 331 g/mol. The second kappa shape index (κ2) is 7.87. The first-order valence-corrected chi connectivity index (χ1v) is 7.88. The van der Waals surface area contributed by atoms with Crippen molar-refractivity contribution in [3.8, 4) is 5.75 Å². The molecule has 0 saturated carbocycles. The van der Waals surface area contributed by atoms with Gasteiger partial charge in [-0.2, -0.15) is 0 Å². The van der Waals surface area contributed by atoms with Crippen LogP contribution in [0.15, 0.2) is 18.2 Å². The molecule has 1 heterocycles. The monoisotopic (exact) mass is 330 g/mol. The van der Waals surface area contributed by atoms with Gasteiger partial charge in [0.05, 0.1) is 11.6 Å². The van der Waals surface area contributed by atoms with Crippen molar-refractivity contribution in [1.29, 1.82) is 0 Å². The third-order valence-corrected chi connectivity index (χ3v) is 4.49. The Morgan fingerprint density at radius 3 is 3.00 bits per heavy atom. The quantitative estimate of drug-likeness (QED) is 0.815. The molecule has 4 nitrogen and oxygen atoms in total. The highest BCUT2D eigenvalue weighted by Crippen LogP contribution is 2.31. The smallest absolute Gasteiger partial charge is 0.222 e. The molecule has 0 radical (unpaired) electrons. The van der Waals surface area contributed by atoms with Crippen LogP contribution >= 0.6 is 23.2 Å². The normalized spacial score (nSPS) is 17.8. The Morgan fingerprint density at radius 2 is 2.29 bits per heavy atom. The lowest BCUT2D eigenvalue weighted by atomic mass is 10.2. The summed E-state index contributed by atoms with van der Waals surface area (Å²) >= 11 is 11.9. The predicted octanol–water partition coefficient (Wildman–Crippen LogP) is 2.97. The van der Waals surface area contributed by atoms with E-state index in [9.17, 15) is 4.79 Å². The zero-order chi connectivity index (χ0) is 15.2. The molecule has 1 amide bonds. The first kappa shape index (κ1) is 16.4. The molecule has 1 aromatic carbocycles. The summed E-state index contributed by atoms with van der Waals surface area (Å²) in [5, 5.41) is 4.15. The van der Waals surface area contributed by atoms with Crippen molar-refractivity contribution in [2.45, 2.75) is 25.3 Å². The Kier molecular flexibility index (Phi) is 6.15. The minimum absolute atomic E-state index is 0.157. The van der Waals surface area contributed by atoms with Gasteiger partial charge in [0, 0.05) is 26.1 Å². The van der Waals surface area contributed by atoms with Gasteiger partial charge in [0.2, 0.25) is 5.91 Å². The maximum atomic E-state index is 12.1. The van der Waals surface area contributed by atoms with Gasteiger partial charge in [-0.1, -0.05) is 29.3 Å². The van der Waals surface area contributed by atoms with Gasteiger partial charge in [0.25, 0.3) is 0 Å². The maximum Gasteiger partial charge on any atom is 0.222 e. The lowest BCUT2D eigenvalue weighted by molar-refractivity contribution is -0.131. The summed E-state index contributed by atoms with van der Waals surface area (Å²) < 4.78 is 5.57. The van der Waals surface area contributed by atoms with Gasteiger partial charge in [-0.05, 0) is 31.5 Å². The van der Waals surface area contributed by atoms with Gasteiger partial charge in [-0.15, -0.1) is 0 Å². The van der Waals surface area contributed by atoms with Gasteiger partial charge in [-0.3, -0.25) is 4.79 Å². The van der Waals surface area contributed by atoms with E-state index in [4.69, 9.17) is 27.9 Å². The second-order valence-electron chi connectivity index (χ2n) is 5.16. The third-order valence-electron chi connectivity index (χ3n) is 3.68. The largest absolute Gasteiger partial charge is 0.492 e. The van der Waals surface area contributed by atoms with Crippen molar-refractivity contribution >= 4 is 29.1 Å². The average Bonchev–Trinajstić information content (AvgIpc) is 3.01. The molecule has 116 valence electrons. The number of likely N-dealkylation sites (N-methyl/N-ethyl adjacent to an activating group) is 1. The standard InChI is InChI=1S/C15H20Cl2N2O2/c1-19(11-7-8-18-10-11)14(20)6-3-9-21-13-5-2-4-12(16)15(13)17/h2,4-5,11,18H,3,6-10H2,1H3. The number of rotatable bonds is 6. The maximum absolute atomic E-state index is 12.1. The summed E-state index contributed by atoms with van der Waals surface area (Å²) in [7, 11) is 1.87. The molecule has 1 N–H and O–H groups in total. The number of benzene rings is 1. The van der Waals surface area contributed by atoms with Crippen LogP contribution in [0.4, 0.5) is 0 Å². The molecule has 1 aliphatic rings. The summed E-state index contributed by atoms with van der Waals surface area (Å²) in [5.41, 5.74) is 0. The first-order chi connectivity index (χ1) is 10.1. The van der Waals surface area contributed by atoms with Crippen LogP contribution in [0, 0.1) is 0 Å². The molecule has 1 saturated heterocycles. The van der Waals surface area contributed by atoms with Gasteiger partial charge in [0.15, 0.2) is 0 Å². The lowest BCUT2D eigenvalue weighted by Gasteiger charge is -2.23. The molecular weight excluding hydrogens is 311 g/mol. The number of ether oxygens (including phenoxy) is 1. The van der Waals surface area contributed by atoms with Gasteiger partial charge in [-0.25, -0.2) is 0 Å². The number of amides is 1. The third kappa shape index (κ3) is 4.50. The molecule has 1 aliphatic heterocycles. The zero-order valence-electron chi connectivity index (χ0n) is 12.1. The molecule has 0 spiro atoms. The summed E-state index contributed by atoms with van der Waals surface area (Å²) in [5.74, 6) is 0.717. The van der Waals surface area contributed by atoms with Crippen LogP contribution in [-0.2, 0) is 4.79 Å². The van der Waals surface area contributed by atoms with E-state index >= 15 is 0 Å². The van der Waals surface area contributed by atoms with Crippen molar-refractivity contribution in [3.63, 3.8) is 0 Å². The molecule has 21 heavy (non-hydrogen) atoms. The minimum atomic E-state index is 0.157. The van der Waals surface area contributed by atoms with Crippen molar-refractivity contribution in [3.05, 3.63) is 28.2 Å². The number of hydrogen-bond donors (Lipinski definition) is 1. The van der Waals surface area contributed by atoms with Crippen LogP contribution in [-0.4, -0.2) is 43.6 Å². The highest BCUT2D eigenvalue weighted by molar-refractivity contribution is 6.42. The molecule has 2 rings (SSSR count). The van der Waals surface area contributed by atoms with Crippen LogP contribution in [0.1, 0.15) is 19.3 Å². The van der Waals surface area contributed by atoms with Gasteiger partial charge >= 0.3 is 0 Å². The van der Waals surface area contributed by atoms with Crippen LogP contribution in [0.2, 0.25) is 10.0 Å². The van der Waals surface area contributed by atoms with Crippen LogP contribution < -0.4 is 10.1 Å². The van der Waals surface area contributed by atoms with Crippen LogP contribution in [0.25, 0.3) is 0 Å². The van der Waals surface area contributed by atoms with Crippen LogP contribution in [0.3, 0.4) is 0 Å². The summed E-state index contributed by atoms with van der Waals surface area (Å²) in [6.45, 7) is 2.32. The fourth-order valence-electron chi connectivity index (χ4n) is 2.35. The molecule has 0 aliphatic carbocycles. The van der Waals surface area contributed by atoms with Gasteiger partial charge in [0.1, 0.15) is 10.8 Å². The number of carbonyl (C=O) groups excluding carboxylic acids is 1. The van der Waals surface area contributed by atoms with E-state index in [1.807, 2.05) is 11.9 Å². The van der Waals surface area contributed by atoms with E-state index in [0.29, 0.717) is 41.3 Å². The number of nitrogens with zero attached hydrogens (tertiary/aromatic N) is 1. The van der Waals surface area contributed by atoms with E-state index < -0.39 is 0 Å². The summed E-state index contributed by atoms with van der Waals surface area (Å²) in [6, 6.07) is 5.59. The highest BCUT2D eigenvalue weighted by Gasteiger charge is 2.22. The first-order valence-electron chi connectivity index (χ1n) is 7.13. The van der Waals surface area contributed by atoms with Crippen molar-refractivity contribution in [2.24, 2.45) is 0 Å². The molecule has 1 atom stereocenters. The van der Waals surface area contributed by atoms with E-state index in [2.05, 4.69) is 5.32 Å². The molecule has 1 fully saturated rings. The molecule has 0 bridgehead atoms. The van der Waals surface area contributed by atoms with Crippen molar-refractivity contribution in [2.75, 3.05) is 26.7 Å². The number of nitrogens with one attached hydrogen (secondary N) is 1. The molecule has 0 aromatic heterocycles. The summed E-state index contributed by atoms with van der Waals surface area (Å²) in [6.07, 6.45) is 2.16. The predicted molar refractivity (Wildman–Crippen MR) is 85.2 cm³/mol. The Labute approximate surface area is 135 Å². The van der Waals surface area contributed by atoms with Crippen molar-refractivity contribution < 1.29 is 9.53 Å². The Bertz CT molecular complexity index is 491. The van der Waals surface area contributed by atoms with E-state index in [1.54, 1.807) is 18.2 Å². The summed E-state index contributed by atoms with van der Waals surface area (Å²) in [4.78, 5) is 13.9. The molecule has 6 heteroatoms. The topological polar surface area (TPSA) is 41.6 Å². The Morgan fingerprint density at radius 1 is 1.48 bits per heavy atom. The SMILES string of the molecule is CN(C(=O)CCCOc1cccc(Cl)c1Cl)C1CCNC1. The number of hydrogen-bond acceptors (Lipinski definition) is 3. The lowest BCUT2D eigenvalue weighted by Crippen LogP contribution is -2.38. The van der Waals surface area contributed by atoms with E-state index in [0.717, 1.165) is 19.5 Å². The highest BCUT2D eigenvalue weighted by atomic mass is 35.5. The van der Waals surface area contributed by atoms with Crippen LogP contribution in [0.5, 0.6) is 5.75 Å². The Hall–Kier alpha value is -0.970. The molecular formula is C15H20Cl2N2O2. The van der Waals surface area contributed by atoms with E-state index in [1.165, 1.54) is 0 Å². The number of carbonyl (C=O) groups is 1. The molecule has 1 aromatic rings. The fraction of sp³-hybridized carbons (Fsp3) is 0.533. The Balaban J connectivity index is 1.71. The fourth-order valence-corrected chi connectivity index (χ4v) is 2.70. The van der Waals surface area contributed by atoms with Crippen molar-refractivity contribution in [1.82, 2.24) is 10.2 Å². The van der Waals surface area contributed by atoms with E-state index in [-0.39, 0.29) is 5.91 Å². The zero-order valence-corrected chi connectivity index (χ0v) is 13.6. The molecule has 1 unspecified atom stereocenters. The minimum Gasteiger partial charge on any atom is -0.492 e. The van der Waals surface area contributed by atoms with Gasteiger partial charge < -0.3 is 15.0 Å². The number of halogens is 2.